The summed E-state index contributed by atoms with van der Waals surface area (Å²) < 4.78 is 0.360. The van der Waals surface area contributed by atoms with Gasteiger partial charge in [0.2, 0.25) is 0 Å². The first-order valence-electron chi connectivity index (χ1n) is 3.57. The molecule has 1 aromatic carbocycles. The van der Waals surface area contributed by atoms with Gasteiger partial charge in [0.25, 0.3) is 0 Å². The Kier molecular flexibility index (Phi) is 1.11. The van der Waals surface area contributed by atoms with Gasteiger partial charge in [0.1, 0.15) is 14.1 Å². The van der Waals surface area contributed by atoms with E-state index >= 15 is 0 Å². The predicted molar refractivity (Wildman–Crippen MR) is 40.9 cm³/mol. The zero-order valence-electron chi connectivity index (χ0n) is 6.65. The summed E-state index contributed by atoms with van der Waals surface area (Å²) in [5.74, 6) is 0. The molecule has 0 amide bonds. The number of quaternary nitrogens is 1. The minimum absolute atomic E-state index is 0.360. The molecule has 0 bridgehead atoms. The van der Waals surface area contributed by atoms with Crippen LogP contribution in [0.2, 0.25) is 0 Å². The van der Waals surface area contributed by atoms with Gasteiger partial charge in [-0.2, -0.15) is 0 Å². The zero-order valence-corrected chi connectivity index (χ0v) is 6.65. The van der Waals surface area contributed by atoms with E-state index < -0.39 is 0 Å². The van der Waals surface area contributed by atoms with E-state index in [9.17, 15) is 0 Å². The Hall–Kier alpha value is -1.22. The molecule has 3 heteroatoms. The van der Waals surface area contributed by atoms with Crippen LogP contribution in [0.25, 0.3) is 0 Å². The van der Waals surface area contributed by atoms with Crippen LogP contribution in [0.4, 0.5) is 0 Å². The highest BCUT2D eigenvalue weighted by Crippen LogP contribution is 1.98. The molecular formula is C8H10N3+. The molecule has 0 unspecified atom stereocenters. The molecule has 56 valence electrons. The smallest absolute Gasteiger partial charge is 0.0815 e. The standard InChI is InChI=1S/C8H10N3/c1-11(2)9-7-5-3-4-6-8(7)10-11/h3-6H,1-2H3/q+1. The molecule has 0 saturated carbocycles. The van der Waals surface area contributed by atoms with Crippen LogP contribution in [-0.2, 0) is 0 Å². The Balaban J connectivity index is 2.81. The Morgan fingerprint density at radius 2 is 1.45 bits per heavy atom. The first kappa shape index (κ1) is 6.49. The van der Waals surface area contributed by atoms with E-state index in [2.05, 4.69) is 10.2 Å². The molecule has 0 aliphatic carbocycles. The van der Waals surface area contributed by atoms with Gasteiger partial charge in [0, 0.05) is 0 Å². The first-order valence-corrected chi connectivity index (χ1v) is 3.57. The number of benzene rings is 1. The van der Waals surface area contributed by atoms with E-state index in [1.54, 1.807) is 0 Å². The van der Waals surface area contributed by atoms with Crippen LogP contribution in [0.1, 0.15) is 0 Å². The fraction of sp³-hybridized carbons (Fsp3) is 0.250. The quantitative estimate of drug-likeness (QED) is 0.457. The predicted octanol–water partition coefficient (Wildman–Crippen LogP) is -0.154. The molecular weight excluding hydrogens is 138 g/mol. The van der Waals surface area contributed by atoms with Crippen molar-refractivity contribution in [3.05, 3.63) is 35.0 Å². The second-order valence-corrected chi connectivity index (χ2v) is 3.03. The van der Waals surface area contributed by atoms with Crippen LogP contribution < -0.4 is 10.7 Å². The lowest BCUT2D eigenvalue weighted by atomic mass is 10.3. The molecule has 11 heavy (non-hydrogen) atoms. The second kappa shape index (κ2) is 1.89. The maximum atomic E-state index is 4.35. The average molecular weight is 148 g/mol. The lowest BCUT2D eigenvalue weighted by Gasteiger charge is -2.08. The first-order chi connectivity index (χ1) is 5.17. The van der Waals surface area contributed by atoms with Gasteiger partial charge < -0.3 is 0 Å². The van der Waals surface area contributed by atoms with Crippen LogP contribution in [0.3, 0.4) is 0 Å². The summed E-state index contributed by atoms with van der Waals surface area (Å²) in [7, 11) is 3.89. The van der Waals surface area contributed by atoms with Crippen molar-refractivity contribution in [2.24, 2.45) is 10.2 Å². The largest absolute Gasteiger partial charge is 0.152 e. The van der Waals surface area contributed by atoms with Gasteiger partial charge in [-0.3, -0.25) is 0 Å². The second-order valence-electron chi connectivity index (χ2n) is 3.03. The molecule has 0 radical (unpaired) electrons. The Morgan fingerprint density at radius 1 is 1.00 bits per heavy atom. The van der Waals surface area contributed by atoms with Gasteiger partial charge in [-0.05, 0) is 12.1 Å². The molecule has 3 nitrogen and oxygen atoms in total. The van der Waals surface area contributed by atoms with E-state index in [4.69, 9.17) is 0 Å². The number of nitrogens with zero attached hydrogens (tertiary/aromatic N) is 3. The minimum Gasteiger partial charge on any atom is -0.0815 e. The number of hydrogen-bond acceptors (Lipinski definition) is 2. The lowest BCUT2D eigenvalue weighted by Crippen LogP contribution is -2.24. The summed E-state index contributed by atoms with van der Waals surface area (Å²) in [6.07, 6.45) is 0. The van der Waals surface area contributed by atoms with Crippen LogP contribution in [0.5, 0.6) is 0 Å². The monoisotopic (exact) mass is 148 g/mol. The fourth-order valence-electron chi connectivity index (χ4n) is 1.18. The summed E-state index contributed by atoms with van der Waals surface area (Å²) in [6.45, 7) is 0. The third-order valence-electron chi connectivity index (χ3n) is 1.59. The molecule has 1 heterocycles. The summed E-state index contributed by atoms with van der Waals surface area (Å²) in [4.78, 5) is 0. The van der Waals surface area contributed by atoms with Crippen molar-refractivity contribution in [2.75, 3.05) is 14.1 Å². The van der Waals surface area contributed by atoms with Crippen molar-refractivity contribution in [3.63, 3.8) is 0 Å². The fourth-order valence-corrected chi connectivity index (χ4v) is 1.18. The summed E-state index contributed by atoms with van der Waals surface area (Å²) in [6, 6.07) is 7.91. The van der Waals surface area contributed by atoms with Gasteiger partial charge in [0.15, 0.2) is 10.7 Å². The van der Waals surface area contributed by atoms with Crippen LogP contribution in [0.15, 0.2) is 34.5 Å². The highest BCUT2D eigenvalue weighted by Gasteiger charge is 2.16. The molecule has 1 aromatic rings. The van der Waals surface area contributed by atoms with Gasteiger partial charge >= 0.3 is 0 Å². The summed E-state index contributed by atoms with van der Waals surface area (Å²) in [5.41, 5.74) is 0. The van der Waals surface area contributed by atoms with Crippen molar-refractivity contribution in [2.45, 2.75) is 0 Å². The Morgan fingerprint density at radius 3 is 1.91 bits per heavy atom. The molecule has 1 aliphatic heterocycles. The van der Waals surface area contributed by atoms with Crippen molar-refractivity contribution in [1.82, 2.24) is 0 Å². The lowest BCUT2D eigenvalue weighted by molar-refractivity contribution is -0.905. The van der Waals surface area contributed by atoms with E-state index in [1.807, 2.05) is 38.4 Å². The molecule has 2 rings (SSSR count). The van der Waals surface area contributed by atoms with Crippen LogP contribution in [-0.4, -0.2) is 18.8 Å². The molecule has 1 aliphatic rings. The van der Waals surface area contributed by atoms with Crippen molar-refractivity contribution in [3.8, 4) is 0 Å². The van der Waals surface area contributed by atoms with E-state index in [1.165, 1.54) is 0 Å². The Bertz CT molecular complexity index is 355. The molecule has 0 fully saturated rings. The van der Waals surface area contributed by atoms with Crippen molar-refractivity contribution in [1.29, 1.82) is 0 Å². The average Bonchev–Trinajstić information content (AvgIpc) is 2.21. The van der Waals surface area contributed by atoms with E-state index in [-0.39, 0.29) is 0 Å². The molecule has 0 atom stereocenters. The van der Waals surface area contributed by atoms with Gasteiger partial charge in [0.05, 0.1) is 0 Å². The molecule has 0 saturated heterocycles. The van der Waals surface area contributed by atoms with Crippen molar-refractivity contribution < 1.29 is 4.70 Å². The maximum Gasteiger partial charge on any atom is 0.152 e. The number of rotatable bonds is 0. The molecule has 0 spiro atoms. The van der Waals surface area contributed by atoms with E-state index in [0.717, 1.165) is 10.7 Å². The third kappa shape index (κ3) is 1.03. The van der Waals surface area contributed by atoms with Crippen LogP contribution >= 0.6 is 0 Å². The topological polar surface area (TPSA) is 24.7 Å². The summed E-state index contributed by atoms with van der Waals surface area (Å²) >= 11 is 0. The normalized spacial score (nSPS) is 18.4. The Labute approximate surface area is 64.9 Å². The highest BCUT2D eigenvalue weighted by atomic mass is 15.8. The van der Waals surface area contributed by atoms with E-state index in [0.29, 0.717) is 4.70 Å². The SMILES string of the molecule is C[N+]1(C)N=c2ccccc2=N1. The molecule has 0 aromatic heterocycles. The van der Waals surface area contributed by atoms with Crippen molar-refractivity contribution >= 4 is 0 Å². The number of hydrogen-bond donors (Lipinski definition) is 0. The number of fused-ring (bicyclic) bond motifs is 1. The van der Waals surface area contributed by atoms with Gasteiger partial charge in [-0.15, -0.1) is 0 Å². The highest BCUT2D eigenvalue weighted by molar-refractivity contribution is 5.00. The maximum absolute atomic E-state index is 4.35. The van der Waals surface area contributed by atoms with Gasteiger partial charge in [-0.1, -0.05) is 27.0 Å². The minimum atomic E-state index is 0.360. The zero-order chi connectivity index (χ0) is 7.90. The third-order valence-corrected chi connectivity index (χ3v) is 1.59. The van der Waals surface area contributed by atoms with Gasteiger partial charge in [-0.25, -0.2) is 0 Å². The van der Waals surface area contributed by atoms with Crippen LogP contribution in [0, 0.1) is 0 Å². The summed E-state index contributed by atoms with van der Waals surface area (Å²) in [5, 5.41) is 10.7. The molecule has 0 N–H and O–H groups in total.